The molecular weight excluding hydrogens is 206 g/mol. The van der Waals surface area contributed by atoms with E-state index in [2.05, 4.69) is 50.2 Å². The Hall–Kier alpha value is -1.76. The first-order chi connectivity index (χ1) is 8.15. The molecule has 2 aromatic carbocycles. The second-order valence-electron chi connectivity index (χ2n) is 4.92. The van der Waals surface area contributed by atoms with Crippen molar-refractivity contribution < 1.29 is 0 Å². The molecule has 2 aromatic rings. The van der Waals surface area contributed by atoms with Gasteiger partial charge in [0.25, 0.3) is 0 Å². The van der Waals surface area contributed by atoms with Gasteiger partial charge in [-0.3, -0.25) is 0 Å². The smallest absolute Gasteiger partial charge is 0.0314 e. The molecule has 1 nitrogen and oxygen atoms in total. The van der Waals surface area contributed by atoms with Gasteiger partial charge in [-0.1, -0.05) is 50.2 Å². The van der Waals surface area contributed by atoms with Crippen molar-refractivity contribution in [1.82, 2.24) is 0 Å². The summed E-state index contributed by atoms with van der Waals surface area (Å²) >= 11 is 0. The molecule has 0 aliphatic rings. The molecular formula is C16H19N. The summed E-state index contributed by atoms with van der Waals surface area (Å²) in [6, 6.07) is 16.8. The maximum atomic E-state index is 5.70. The minimum absolute atomic E-state index is 0.691. The molecule has 0 spiro atoms. The number of anilines is 1. The summed E-state index contributed by atoms with van der Waals surface area (Å²) in [5.41, 5.74) is 10.4. The maximum Gasteiger partial charge on any atom is 0.0314 e. The maximum absolute atomic E-state index is 5.70. The molecule has 0 fully saturated rings. The molecule has 0 aromatic heterocycles. The molecule has 2 rings (SSSR count). The quantitative estimate of drug-likeness (QED) is 0.781. The van der Waals surface area contributed by atoms with E-state index in [0.717, 1.165) is 12.1 Å². The number of nitrogens with two attached hydrogens (primary N) is 1. The monoisotopic (exact) mass is 225 g/mol. The van der Waals surface area contributed by atoms with Gasteiger partial charge in [-0.15, -0.1) is 0 Å². The van der Waals surface area contributed by atoms with Crippen LogP contribution in [0.15, 0.2) is 48.5 Å². The third kappa shape index (κ3) is 3.10. The Balaban J connectivity index is 2.29. The van der Waals surface area contributed by atoms with Gasteiger partial charge in [0.2, 0.25) is 0 Å². The fourth-order valence-corrected chi connectivity index (χ4v) is 2.02. The van der Waals surface area contributed by atoms with Crippen LogP contribution in [0, 0.1) is 5.92 Å². The molecule has 0 bridgehead atoms. The summed E-state index contributed by atoms with van der Waals surface area (Å²) in [5, 5.41) is 0. The number of hydrogen-bond acceptors (Lipinski definition) is 1. The standard InChI is InChI=1S/C16H19N/c1-12(2)10-13-4-3-5-15(11-13)14-6-8-16(17)9-7-14/h3-9,11-12H,10,17H2,1-2H3. The lowest BCUT2D eigenvalue weighted by Gasteiger charge is -2.08. The third-order valence-corrected chi connectivity index (χ3v) is 2.81. The average molecular weight is 225 g/mol. The summed E-state index contributed by atoms with van der Waals surface area (Å²) in [4.78, 5) is 0. The van der Waals surface area contributed by atoms with Crippen LogP contribution in [0.5, 0.6) is 0 Å². The second kappa shape index (κ2) is 5.05. The Morgan fingerprint density at radius 1 is 0.941 bits per heavy atom. The molecule has 88 valence electrons. The molecule has 17 heavy (non-hydrogen) atoms. The summed E-state index contributed by atoms with van der Waals surface area (Å²) in [6.07, 6.45) is 1.13. The molecule has 0 aliphatic carbocycles. The zero-order valence-electron chi connectivity index (χ0n) is 10.5. The Morgan fingerprint density at radius 2 is 1.65 bits per heavy atom. The van der Waals surface area contributed by atoms with E-state index in [1.807, 2.05) is 12.1 Å². The van der Waals surface area contributed by atoms with Gasteiger partial charge in [0.1, 0.15) is 0 Å². The van der Waals surface area contributed by atoms with E-state index in [-0.39, 0.29) is 0 Å². The zero-order chi connectivity index (χ0) is 12.3. The van der Waals surface area contributed by atoms with Gasteiger partial charge < -0.3 is 5.73 Å². The lowest BCUT2D eigenvalue weighted by Crippen LogP contribution is -1.94. The normalized spacial score (nSPS) is 10.8. The van der Waals surface area contributed by atoms with Crippen LogP contribution in [0.1, 0.15) is 19.4 Å². The van der Waals surface area contributed by atoms with Crippen LogP contribution >= 0.6 is 0 Å². The first-order valence-corrected chi connectivity index (χ1v) is 6.10. The van der Waals surface area contributed by atoms with Crippen molar-refractivity contribution in [2.75, 3.05) is 5.73 Å². The van der Waals surface area contributed by atoms with E-state index in [9.17, 15) is 0 Å². The van der Waals surface area contributed by atoms with Crippen molar-refractivity contribution in [3.8, 4) is 11.1 Å². The predicted octanol–water partition coefficient (Wildman–Crippen LogP) is 4.13. The van der Waals surface area contributed by atoms with Gasteiger partial charge in [0, 0.05) is 5.69 Å². The van der Waals surface area contributed by atoms with E-state index in [1.54, 1.807) is 0 Å². The molecule has 0 saturated carbocycles. The lowest BCUT2D eigenvalue weighted by molar-refractivity contribution is 0.647. The summed E-state index contributed by atoms with van der Waals surface area (Å²) in [6.45, 7) is 4.49. The fraction of sp³-hybridized carbons (Fsp3) is 0.250. The molecule has 0 radical (unpaired) electrons. The van der Waals surface area contributed by atoms with Crippen LogP contribution in [0.4, 0.5) is 5.69 Å². The average Bonchev–Trinajstić information content (AvgIpc) is 2.29. The highest BCUT2D eigenvalue weighted by Gasteiger charge is 2.01. The Labute approximate surface area is 103 Å². The highest BCUT2D eigenvalue weighted by molar-refractivity contribution is 5.66. The molecule has 0 heterocycles. The van der Waals surface area contributed by atoms with E-state index >= 15 is 0 Å². The highest BCUT2D eigenvalue weighted by Crippen LogP contribution is 2.22. The van der Waals surface area contributed by atoms with Gasteiger partial charge in [0.15, 0.2) is 0 Å². The lowest BCUT2D eigenvalue weighted by atomic mass is 9.98. The van der Waals surface area contributed by atoms with E-state index in [0.29, 0.717) is 5.92 Å². The minimum atomic E-state index is 0.691. The molecule has 0 aliphatic heterocycles. The molecule has 1 heteroatoms. The molecule has 0 saturated heterocycles. The Bertz CT molecular complexity index is 483. The van der Waals surface area contributed by atoms with Crippen LogP contribution in [0.25, 0.3) is 11.1 Å². The van der Waals surface area contributed by atoms with Crippen molar-refractivity contribution in [2.45, 2.75) is 20.3 Å². The molecule has 0 amide bonds. The highest BCUT2D eigenvalue weighted by atomic mass is 14.5. The predicted molar refractivity (Wildman–Crippen MR) is 74.8 cm³/mol. The van der Waals surface area contributed by atoms with Gasteiger partial charge in [-0.25, -0.2) is 0 Å². The van der Waals surface area contributed by atoms with Crippen molar-refractivity contribution in [2.24, 2.45) is 5.92 Å². The topological polar surface area (TPSA) is 26.0 Å². The number of nitrogen functional groups attached to an aromatic ring is 1. The summed E-state index contributed by atoms with van der Waals surface area (Å²) in [7, 11) is 0. The molecule has 0 unspecified atom stereocenters. The van der Waals surface area contributed by atoms with Crippen LogP contribution in [-0.2, 0) is 6.42 Å². The zero-order valence-corrected chi connectivity index (χ0v) is 10.5. The van der Waals surface area contributed by atoms with Crippen molar-refractivity contribution in [3.63, 3.8) is 0 Å². The van der Waals surface area contributed by atoms with Gasteiger partial charge in [0.05, 0.1) is 0 Å². The SMILES string of the molecule is CC(C)Cc1cccc(-c2ccc(N)cc2)c1. The second-order valence-corrected chi connectivity index (χ2v) is 4.92. The van der Waals surface area contributed by atoms with Crippen molar-refractivity contribution >= 4 is 5.69 Å². The fourth-order valence-electron chi connectivity index (χ4n) is 2.02. The number of hydrogen-bond donors (Lipinski definition) is 1. The molecule has 0 atom stereocenters. The van der Waals surface area contributed by atoms with Crippen molar-refractivity contribution in [1.29, 1.82) is 0 Å². The largest absolute Gasteiger partial charge is 0.399 e. The Kier molecular flexibility index (Phi) is 3.48. The van der Waals surface area contributed by atoms with Crippen LogP contribution in [0.2, 0.25) is 0 Å². The third-order valence-electron chi connectivity index (χ3n) is 2.81. The van der Waals surface area contributed by atoms with E-state index in [4.69, 9.17) is 5.73 Å². The van der Waals surface area contributed by atoms with Crippen LogP contribution < -0.4 is 5.73 Å². The first-order valence-electron chi connectivity index (χ1n) is 6.10. The van der Waals surface area contributed by atoms with Crippen molar-refractivity contribution in [3.05, 3.63) is 54.1 Å². The minimum Gasteiger partial charge on any atom is -0.399 e. The summed E-state index contributed by atoms with van der Waals surface area (Å²) in [5.74, 6) is 0.691. The van der Waals surface area contributed by atoms with E-state index in [1.165, 1.54) is 16.7 Å². The summed E-state index contributed by atoms with van der Waals surface area (Å²) < 4.78 is 0. The Morgan fingerprint density at radius 3 is 2.29 bits per heavy atom. The van der Waals surface area contributed by atoms with Gasteiger partial charge in [-0.05, 0) is 41.2 Å². The molecule has 2 N–H and O–H groups in total. The number of rotatable bonds is 3. The van der Waals surface area contributed by atoms with Crippen LogP contribution in [-0.4, -0.2) is 0 Å². The number of benzene rings is 2. The van der Waals surface area contributed by atoms with Gasteiger partial charge in [-0.2, -0.15) is 0 Å². The van der Waals surface area contributed by atoms with Crippen LogP contribution in [0.3, 0.4) is 0 Å². The first kappa shape index (κ1) is 11.7. The van der Waals surface area contributed by atoms with Gasteiger partial charge >= 0.3 is 0 Å². The van der Waals surface area contributed by atoms with E-state index < -0.39 is 0 Å².